The summed E-state index contributed by atoms with van der Waals surface area (Å²) in [6, 6.07) is 14.1. The molecule has 1 N–H and O–H groups in total. The Hall–Kier alpha value is -2.35. The van der Waals surface area contributed by atoms with Crippen molar-refractivity contribution in [3.63, 3.8) is 0 Å². The summed E-state index contributed by atoms with van der Waals surface area (Å²) in [4.78, 5) is 12.0. The van der Waals surface area contributed by atoms with Gasteiger partial charge in [-0.05, 0) is 49.1 Å². The summed E-state index contributed by atoms with van der Waals surface area (Å²) in [7, 11) is 0. The van der Waals surface area contributed by atoms with Gasteiger partial charge in [0.05, 0.1) is 12.2 Å². The highest BCUT2D eigenvalue weighted by Gasteiger charge is 2.15. The van der Waals surface area contributed by atoms with Crippen LogP contribution >= 0.6 is 0 Å². The first-order valence-electron chi connectivity index (χ1n) is 9.87. The number of esters is 1. The lowest BCUT2D eigenvalue weighted by Crippen LogP contribution is -2.06. The molecule has 0 saturated carbocycles. The minimum absolute atomic E-state index is 0.330. The van der Waals surface area contributed by atoms with E-state index in [4.69, 9.17) is 4.74 Å². The zero-order valence-electron chi connectivity index (χ0n) is 16.6. The average Bonchev–Trinajstić information content (AvgIpc) is 2.69. The van der Waals surface area contributed by atoms with Crippen LogP contribution in [0, 0.1) is 0 Å². The van der Waals surface area contributed by atoms with Crippen LogP contribution in [-0.2, 0) is 9.53 Å². The predicted molar refractivity (Wildman–Crippen MR) is 111 cm³/mol. The van der Waals surface area contributed by atoms with E-state index < -0.39 is 6.10 Å². The third-order valence-electron chi connectivity index (χ3n) is 4.65. The zero-order chi connectivity index (χ0) is 19.6. The second kappa shape index (κ2) is 10.7. The van der Waals surface area contributed by atoms with Crippen LogP contribution in [0.25, 0.3) is 10.8 Å². The van der Waals surface area contributed by atoms with Gasteiger partial charge in [0.1, 0.15) is 6.10 Å². The molecule has 27 heavy (non-hydrogen) atoms. The number of ether oxygens (including phenoxy) is 1. The Morgan fingerprint density at radius 3 is 2.52 bits per heavy atom. The molecule has 3 heteroatoms. The molecule has 144 valence electrons. The summed E-state index contributed by atoms with van der Waals surface area (Å²) in [5.41, 5.74) is 5.10. The summed E-state index contributed by atoms with van der Waals surface area (Å²) in [5, 5.41) is 13.2. The van der Waals surface area contributed by atoms with Crippen molar-refractivity contribution in [1.82, 2.24) is 0 Å². The molecule has 0 bridgehead atoms. The topological polar surface area (TPSA) is 46.5 Å². The maximum atomic E-state index is 12.0. The Morgan fingerprint density at radius 1 is 1.07 bits per heavy atom. The molecule has 0 amide bonds. The van der Waals surface area contributed by atoms with Gasteiger partial charge in [-0.2, -0.15) is 0 Å². The van der Waals surface area contributed by atoms with Crippen molar-refractivity contribution < 1.29 is 14.6 Å². The predicted octanol–water partition coefficient (Wildman–Crippen LogP) is 5.88. The van der Waals surface area contributed by atoms with Crippen LogP contribution in [-0.4, -0.2) is 17.7 Å². The van der Waals surface area contributed by atoms with Gasteiger partial charge in [0.15, 0.2) is 0 Å². The van der Waals surface area contributed by atoms with E-state index in [1.807, 2.05) is 36.4 Å². The van der Waals surface area contributed by atoms with Gasteiger partial charge >= 0.3 is 5.97 Å². The molecule has 2 rings (SSSR count). The molecule has 0 aliphatic rings. The Kier molecular flexibility index (Phi) is 8.32. The Balaban J connectivity index is 2.34. The van der Waals surface area contributed by atoms with E-state index in [-0.39, 0.29) is 5.97 Å². The number of hydrogen-bond donors (Lipinski definition) is 1. The molecule has 0 fully saturated rings. The Labute approximate surface area is 162 Å². The molecular weight excluding hydrogens is 336 g/mol. The van der Waals surface area contributed by atoms with Crippen molar-refractivity contribution in [3.8, 4) is 0 Å². The molecule has 2 aromatic carbocycles. The molecule has 2 aromatic rings. The van der Waals surface area contributed by atoms with Gasteiger partial charge in [-0.15, -0.1) is 5.73 Å². The maximum Gasteiger partial charge on any atom is 0.341 e. The van der Waals surface area contributed by atoms with E-state index in [1.165, 1.54) is 6.42 Å². The van der Waals surface area contributed by atoms with Crippen LogP contribution in [0.3, 0.4) is 0 Å². The van der Waals surface area contributed by atoms with Crippen LogP contribution < -0.4 is 0 Å². The molecule has 3 nitrogen and oxygen atoms in total. The number of fused-ring (bicyclic) bond motifs is 1. The van der Waals surface area contributed by atoms with Gasteiger partial charge in [0, 0.05) is 5.57 Å². The van der Waals surface area contributed by atoms with Gasteiger partial charge < -0.3 is 9.84 Å². The third-order valence-corrected chi connectivity index (χ3v) is 4.65. The van der Waals surface area contributed by atoms with Gasteiger partial charge in [-0.25, -0.2) is 4.79 Å². The maximum absolute atomic E-state index is 12.0. The SMILES string of the molecule is CCCCCCC(=C=C(C)C(=O)OCC)[C@@H](O)c1ccc2ccccc2c1. The third kappa shape index (κ3) is 6.09. The number of carbonyl (C=O) groups excluding carboxylic acids is 1. The smallest absolute Gasteiger partial charge is 0.341 e. The van der Waals surface area contributed by atoms with E-state index in [0.717, 1.165) is 41.2 Å². The van der Waals surface area contributed by atoms with Gasteiger partial charge in [-0.1, -0.05) is 62.6 Å². The highest BCUT2D eigenvalue weighted by atomic mass is 16.5. The molecule has 1 atom stereocenters. The normalized spacial score (nSPS) is 11.7. The van der Waals surface area contributed by atoms with Gasteiger partial charge in [0.25, 0.3) is 0 Å². The number of aliphatic hydroxyl groups excluding tert-OH is 1. The van der Waals surface area contributed by atoms with Crippen LogP contribution in [0.4, 0.5) is 0 Å². The van der Waals surface area contributed by atoms with E-state index in [0.29, 0.717) is 18.6 Å². The van der Waals surface area contributed by atoms with Crippen LogP contribution in [0.1, 0.15) is 64.5 Å². The fraction of sp³-hybridized carbons (Fsp3) is 0.417. The molecule has 0 spiro atoms. The molecule has 0 aromatic heterocycles. The molecule has 0 unspecified atom stereocenters. The lowest BCUT2D eigenvalue weighted by atomic mass is 9.95. The minimum Gasteiger partial charge on any atom is -0.462 e. The first kappa shape index (κ1) is 21.0. The fourth-order valence-corrected chi connectivity index (χ4v) is 3.12. The minimum atomic E-state index is -0.777. The summed E-state index contributed by atoms with van der Waals surface area (Å²) < 4.78 is 5.06. The van der Waals surface area contributed by atoms with E-state index >= 15 is 0 Å². The lowest BCUT2D eigenvalue weighted by Gasteiger charge is -2.15. The highest BCUT2D eigenvalue weighted by Crippen LogP contribution is 2.28. The molecule has 0 aliphatic heterocycles. The number of aliphatic hydroxyl groups is 1. The summed E-state index contributed by atoms with van der Waals surface area (Å²) in [5.74, 6) is -0.380. The van der Waals surface area contributed by atoms with Crippen LogP contribution in [0.5, 0.6) is 0 Å². The molecular formula is C24H30O3. The monoisotopic (exact) mass is 366 g/mol. The van der Waals surface area contributed by atoms with E-state index in [9.17, 15) is 9.90 Å². The average molecular weight is 367 g/mol. The number of hydrogen-bond acceptors (Lipinski definition) is 3. The van der Waals surface area contributed by atoms with Crippen molar-refractivity contribution in [3.05, 3.63) is 64.9 Å². The fourth-order valence-electron chi connectivity index (χ4n) is 3.12. The first-order chi connectivity index (χ1) is 13.1. The second-order valence-corrected chi connectivity index (χ2v) is 6.82. The number of benzene rings is 2. The van der Waals surface area contributed by atoms with Crippen molar-refractivity contribution in [2.45, 2.75) is 59.0 Å². The number of rotatable bonds is 9. The summed E-state index contributed by atoms with van der Waals surface area (Å²) in [6.45, 7) is 5.98. The number of carbonyl (C=O) groups is 1. The van der Waals surface area contributed by atoms with Crippen molar-refractivity contribution in [1.29, 1.82) is 0 Å². The van der Waals surface area contributed by atoms with Crippen LogP contribution in [0.2, 0.25) is 0 Å². The second-order valence-electron chi connectivity index (χ2n) is 6.82. The van der Waals surface area contributed by atoms with Gasteiger partial charge in [0.2, 0.25) is 0 Å². The summed E-state index contributed by atoms with van der Waals surface area (Å²) >= 11 is 0. The quantitative estimate of drug-likeness (QED) is 0.261. The van der Waals surface area contributed by atoms with Crippen molar-refractivity contribution in [2.24, 2.45) is 0 Å². The van der Waals surface area contributed by atoms with E-state index in [2.05, 4.69) is 18.7 Å². The molecule has 0 aliphatic carbocycles. The Morgan fingerprint density at radius 2 is 1.81 bits per heavy atom. The first-order valence-corrected chi connectivity index (χ1v) is 9.87. The van der Waals surface area contributed by atoms with Crippen molar-refractivity contribution in [2.75, 3.05) is 6.61 Å². The molecule has 0 heterocycles. The lowest BCUT2D eigenvalue weighted by molar-refractivity contribution is -0.138. The summed E-state index contributed by atoms with van der Waals surface area (Å²) in [6.07, 6.45) is 4.33. The highest BCUT2D eigenvalue weighted by molar-refractivity contribution is 5.87. The zero-order valence-corrected chi connectivity index (χ0v) is 16.6. The Bertz CT molecular complexity index is 828. The molecule has 0 saturated heterocycles. The van der Waals surface area contributed by atoms with Crippen LogP contribution in [0.15, 0.2) is 59.3 Å². The number of unbranched alkanes of at least 4 members (excludes halogenated alkanes) is 3. The molecule has 0 radical (unpaired) electrons. The largest absolute Gasteiger partial charge is 0.462 e. The standard InChI is InChI=1S/C24H30O3/c1-4-6-7-8-13-21(16-18(3)24(26)27-5-2)23(25)22-15-14-19-11-9-10-12-20(19)17-22/h9-12,14-15,17,23,25H,4-8,13H2,1-3H3/t16?,23-/m1/s1. The van der Waals surface area contributed by atoms with Crippen molar-refractivity contribution >= 4 is 16.7 Å². The van der Waals surface area contributed by atoms with E-state index in [1.54, 1.807) is 13.8 Å². The van der Waals surface area contributed by atoms with Gasteiger partial charge in [-0.3, -0.25) is 0 Å².